The highest BCUT2D eigenvalue weighted by Crippen LogP contribution is 2.24. The highest BCUT2D eigenvalue weighted by Gasteiger charge is 2.15. The van der Waals surface area contributed by atoms with Gasteiger partial charge in [0, 0.05) is 47.8 Å². The van der Waals surface area contributed by atoms with E-state index in [9.17, 15) is 0 Å². The van der Waals surface area contributed by atoms with Crippen molar-refractivity contribution in [1.82, 2.24) is 9.55 Å². The van der Waals surface area contributed by atoms with E-state index in [-0.39, 0.29) is 0 Å². The minimum atomic E-state index is 0.764. The molecule has 4 nitrogen and oxygen atoms in total. The van der Waals surface area contributed by atoms with E-state index in [1.807, 2.05) is 30.5 Å². The normalized spacial score (nSPS) is 16.0. The smallest absolute Gasteiger partial charge is 0.0694 e. The van der Waals surface area contributed by atoms with Crippen molar-refractivity contribution in [2.75, 3.05) is 12.3 Å². The molecule has 0 saturated heterocycles. The summed E-state index contributed by atoms with van der Waals surface area (Å²) in [5.41, 5.74) is 12.3. The SMILES string of the molecule is Nc1cccc(-n2cccc2/C=C2\CCCN=C2c2cccnc2)c1. The van der Waals surface area contributed by atoms with Crippen molar-refractivity contribution in [3.63, 3.8) is 0 Å². The summed E-state index contributed by atoms with van der Waals surface area (Å²) in [7, 11) is 0. The van der Waals surface area contributed by atoms with Gasteiger partial charge in [-0.25, -0.2) is 0 Å². The predicted molar refractivity (Wildman–Crippen MR) is 103 cm³/mol. The second-order valence-electron chi connectivity index (χ2n) is 6.14. The van der Waals surface area contributed by atoms with E-state index in [0.29, 0.717) is 0 Å². The van der Waals surface area contributed by atoms with Crippen molar-refractivity contribution in [1.29, 1.82) is 0 Å². The van der Waals surface area contributed by atoms with Gasteiger partial charge < -0.3 is 10.3 Å². The first-order valence-electron chi connectivity index (χ1n) is 8.50. The Bertz CT molecular complexity index is 935. The van der Waals surface area contributed by atoms with Gasteiger partial charge in [0.1, 0.15) is 0 Å². The van der Waals surface area contributed by atoms with Crippen LogP contribution in [-0.4, -0.2) is 21.8 Å². The third-order valence-electron chi connectivity index (χ3n) is 4.36. The molecule has 1 aliphatic heterocycles. The summed E-state index contributed by atoms with van der Waals surface area (Å²) in [6, 6.07) is 16.1. The lowest BCUT2D eigenvalue weighted by Gasteiger charge is -2.17. The quantitative estimate of drug-likeness (QED) is 0.735. The van der Waals surface area contributed by atoms with Crippen molar-refractivity contribution in [3.05, 3.63) is 84.0 Å². The predicted octanol–water partition coefficient (Wildman–Crippen LogP) is 4.12. The number of benzene rings is 1. The van der Waals surface area contributed by atoms with Gasteiger partial charge in [-0.15, -0.1) is 0 Å². The molecule has 0 spiro atoms. The van der Waals surface area contributed by atoms with Crippen LogP contribution in [0.2, 0.25) is 0 Å². The number of hydrogen-bond acceptors (Lipinski definition) is 3. The number of nitrogens with two attached hydrogens (primary N) is 1. The molecule has 4 heteroatoms. The van der Waals surface area contributed by atoms with Crippen LogP contribution in [0.4, 0.5) is 5.69 Å². The fourth-order valence-corrected chi connectivity index (χ4v) is 3.20. The summed E-state index contributed by atoms with van der Waals surface area (Å²) in [5, 5.41) is 0. The average molecular weight is 328 g/mol. The molecular formula is C21H20N4. The van der Waals surface area contributed by atoms with Crippen LogP contribution >= 0.6 is 0 Å². The average Bonchev–Trinajstić information content (AvgIpc) is 3.11. The van der Waals surface area contributed by atoms with Crippen LogP contribution < -0.4 is 5.73 Å². The van der Waals surface area contributed by atoms with Gasteiger partial charge in [0.15, 0.2) is 0 Å². The minimum Gasteiger partial charge on any atom is -0.399 e. The van der Waals surface area contributed by atoms with Crippen LogP contribution in [0.1, 0.15) is 24.1 Å². The van der Waals surface area contributed by atoms with Crippen molar-refractivity contribution in [2.24, 2.45) is 4.99 Å². The molecule has 4 rings (SSSR count). The zero-order valence-electron chi connectivity index (χ0n) is 14.0. The van der Waals surface area contributed by atoms with Crippen molar-refractivity contribution < 1.29 is 0 Å². The fourth-order valence-electron chi connectivity index (χ4n) is 3.20. The molecule has 0 amide bonds. The number of nitrogen functional groups attached to an aromatic ring is 1. The second kappa shape index (κ2) is 6.77. The molecule has 1 aromatic carbocycles. The Hall–Kier alpha value is -3.14. The largest absolute Gasteiger partial charge is 0.399 e. The molecule has 1 aliphatic rings. The maximum Gasteiger partial charge on any atom is 0.0694 e. The van der Waals surface area contributed by atoms with Gasteiger partial charge in [-0.05, 0) is 67.0 Å². The minimum absolute atomic E-state index is 0.764. The molecule has 3 heterocycles. The second-order valence-corrected chi connectivity index (χ2v) is 6.14. The number of nitrogens with zero attached hydrogens (tertiary/aromatic N) is 3. The summed E-state index contributed by atoms with van der Waals surface area (Å²) in [4.78, 5) is 9.00. The Kier molecular flexibility index (Phi) is 4.17. The zero-order valence-corrected chi connectivity index (χ0v) is 14.0. The molecule has 0 unspecified atom stereocenters. The maximum atomic E-state index is 5.94. The molecule has 124 valence electrons. The molecule has 0 aliphatic carbocycles. The van der Waals surface area contributed by atoms with Gasteiger partial charge in [0.2, 0.25) is 0 Å². The van der Waals surface area contributed by atoms with Gasteiger partial charge >= 0.3 is 0 Å². The van der Waals surface area contributed by atoms with Crippen molar-refractivity contribution in [2.45, 2.75) is 12.8 Å². The van der Waals surface area contributed by atoms with Crippen LogP contribution in [-0.2, 0) is 0 Å². The highest BCUT2D eigenvalue weighted by atomic mass is 15.0. The number of hydrogen-bond donors (Lipinski definition) is 1. The van der Waals surface area contributed by atoms with Gasteiger partial charge in [-0.2, -0.15) is 0 Å². The van der Waals surface area contributed by atoms with Gasteiger partial charge in [-0.1, -0.05) is 6.07 Å². The molecule has 25 heavy (non-hydrogen) atoms. The Balaban J connectivity index is 1.75. The van der Waals surface area contributed by atoms with Crippen molar-refractivity contribution >= 4 is 17.5 Å². The van der Waals surface area contributed by atoms with Crippen LogP contribution in [0, 0.1) is 0 Å². The molecule has 2 N–H and O–H groups in total. The molecule has 3 aromatic rings. The maximum absolute atomic E-state index is 5.94. The zero-order chi connectivity index (χ0) is 17.1. The first-order chi connectivity index (χ1) is 12.3. The Morgan fingerprint density at radius 1 is 1.08 bits per heavy atom. The number of anilines is 1. The Labute approximate surface area is 147 Å². The lowest BCUT2D eigenvalue weighted by atomic mass is 9.96. The topological polar surface area (TPSA) is 56.2 Å². The van der Waals surface area contributed by atoms with Gasteiger partial charge in [0.25, 0.3) is 0 Å². The summed E-state index contributed by atoms with van der Waals surface area (Å²) >= 11 is 0. The highest BCUT2D eigenvalue weighted by molar-refractivity contribution is 6.15. The Morgan fingerprint density at radius 2 is 2.04 bits per heavy atom. The molecule has 0 saturated carbocycles. The van der Waals surface area contributed by atoms with Crippen LogP contribution in [0.25, 0.3) is 11.8 Å². The molecule has 2 aromatic heterocycles. The summed E-state index contributed by atoms with van der Waals surface area (Å²) in [6.07, 6.45) is 10.1. The third kappa shape index (κ3) is 3.24. The number of aliphatic imine (C=N–C) groups is 1. The molecule has 0 fully saturated rings. The first-order valence-corrected chi connectivity index (χ1v) is 8.50. The summed E-state index contributed by atoms with van der Waals surface area (Å²) in [5.74, 6) is 0. The standard InChI is InChI=1S/C21H20N4/c22-18-7-1-8-20(14-18)25-12-4-9-19(25)13-16-5-3-11-24-21(16)17-6-2-10-23-15-17/h1-2,4,6-10,12-15H,3,5,11,22H2/b16-13+. The molecule has 0 bridgehead atoms. The summed E-state index contributed by atoms with van der Waals surface area (Å²) in [6.45, 7) is 0.873. The van der Waals surface area contributed by atoms with E-state index in [2.05, 4.69) is 46.1 Å². The number of rotatable bonds is 3. The Morgan fingerprint density at radius 3 is 2.88 bits per heavy atom. The van der Waals surface area contributed by atoms with Crippen LogP contribution in [0.5, 0.6) is 0 Å². The number of allylic oxidation sites excluding steroid dienone is 1. The van der Waals surface area contributed by atoms with E-state index in [0.717, 1.165) is 47.7 Å². The van der Waals surface area contributed by atoms with Gasteiger partial charge in [0.05, 0.1) is 5.71 Å². The lowest BCUT2D eigenvalue weighted by Crippen LogP contribution is -2.12. The molecule has 0 radical (unpaired) electrons. The molecule has 0 atom stereocenters. The first kappa shape index (κ1) is 15.4. The number of pyridine rings is 1. The van der Waals surface area contributed by atoms with Crippen LogP contribution in [0.15, 0.2) is 77.7 Å². The summed E-state index contributed by atoms with van der Waals surface area (Å²) < 4.78 is 2.15. The van der Waals surface area contributed by atoms with E-state index < -0.39 is 0 Å². The van der Waals surface area contributed by atoms with Crippen LogP contribution in [0.3, 0.4) is 0 Å². The molecular weight excluding hydrogens is 308 g/mol. The lowest BCUT2D eigenvalue weighted by molar-refractivity contribution is 0.817. The van der Waals surface area contributed by atoms with Crippen molar-refractivity contribution in [3.8, 4) is 5.69 Å². The monoisotopic (exact) mass is 328 g/mol. The van der Waals surface area contributed by atoms with E-state index in [4.69, 9.17) is 10.7 Å². The van der Waals surface area contributed by atoms with E-state index in [1.165, 1.54) is 5.57 Å². The fraction of sp³-hybridized carbons (Fsp3) is 0.143. The van der Waals surface area contributed by atoms with E-state index >= 15 is 0 Å². The van der Waals surface area contributed by atoms with E-state index in [1.54, 1.807) is 6.20 Å². The third-order valence-corrected chi connectivity index (χ3v) is 4.36. The number of aromatic nitrogens is 2. The van der Waals surface area contributed by atoms with Gasteiger partial charge in [-0.3, -0.25) is 9.98 Å².